The summed E-state index contributed by atoms with van der Waals surface area (Å²) in [6.45, 7) is 3.32. The highest BCUT2D eigenvalue weighted by Crippen LogP contribution is 2.16. The Bertz CT molecular complexity index is 1020. The number of hydrogen-bond donors (Lipinski definition) is 3. The molecule has 0 fully saturated rings. The number of carbonyl (C=O) groups is 3. The standard InChI is InChI=1S/C20H23N3O6S/c1-13(2)17(18(24)23-20(21)26)29-19(25)15-9-6-10-16(11-15)30(27,28)22-12-14-7-4-3-5-8-14/h3-11,13,17,22H,12H2,1-2H3,(H3,21,23,24,26)/t17-/m0/s1. The lowest BCUT2D eigenvalue weighted by Crippen LogP contribution is -2.45. The van der Waals surface area contributed by atoms with E-state index in [1.165, 1.54) is 18.2 Å². The Balaban J connectivity index is 2.15. The van der Waals surface area contributed by atoms with Crippen LogP contribution >= 0.6 is 0 Å². The van der Waals surface area contributed by atoms with Crippen LogP contribution in [0.25, 0.3) is 0 Å². The molecule has 0 aliphatic heterocycles. The third-order valence-electron chi connectivity index (χ3n) is 4.03. The average molecular weight is 433 g/mol. The molecule has 2 rings (SSSR count). The molecule has 0 saturated heterocycles. The minimum absolute atomic E-state index is 0.0601. The van der Waals surface area contributed by atoms with Crippen molar-refractivity contribution >= 4 is 27.9 Å². The van der Waals surface area contributed by atoms with Crippen molar-refractivity contribution < 1.29 is 27.5 Å². The van der Waals surface area contributed by atoms with Gasteiger partial charge in [-0.05, 0) is 29.7 Å². The molecule has 0 radical (unpaired) electrons. The van der Waals surface area contributed by atoms with Crippen molar-refractivity contribution in [2.75, 3.05) is 0 Å². The molecule has 0 aliphatic rings. The zero-order valence-corrected chi connectivity index (χ0v) is 17.3. The van der Waals surface area contributed by atoms with Crippen LogP contribution in [0.15, 0.2) is 59.5 Å². The summed E-state index contributed by atoms with van der Waals surface area (Å²) in [6, 6.07) is 13.1. The summed E-state index contributed by atoms with van der Waals surface area (Å²) in [7, 11) is -3.89. The second-order valence-electron chi connectivity index (χ2n) is 6.76. The molecule has 0 bridgehead atoms. The van der Waals surface area contributed by atoms with E-state index in [0.29, 0.717) is 0 Å². The second kappa shape index (κ2) is 9.99. The molecule has 10 heteroatoms. The normalized spacial score (nSPS) is 12.2. The SMILES string of the molecule is CC(C)[C@H](OC(=O)c1cccc(S(=O)(=O)NCc2ccccc2)c1)C(=O)NC(N)=O. The molecular formula is C20H23N3O6S. The first-order valence-corrected chi connectivity index (χ1v) is 10.5. The summed E-state index contributed by atoms with van der Waals surface area (Å²) in [6.07, 6.45) is -1.28. The molecule has 9 nitrogen and oxygen atoms in total. The zero-order chi connectivity index (χ0) is 22.3. The van der Waals surface area contributed by atoms with Crippen LogP contribution in [0.4, 0.5) is 4.79 Å². The van der Waals surface area contributed by atoms with Gasteiger partial charge in [0.15, 0.2) is 6.10 Å². The van der Waals surface area contributed by atoms with E-state index < -0.39 is 40.0 Å². The summed E-state index contributed by atoms with van der Waals surface area (Å²) in [5, 5.41) is 1.87. The van der Waals surface area contributed by atoms with Gasteiger partial charge in [-0.15, -0.1) is 0 Å². The largest absolute Gasteiger partial charge is 0.448 e. The number of sulfonamides is 1. The fourth-order valence-electron chi connectivity index (χ4n) is 2.52. The lowest BCUT2D eigenvalue weighted by atomic mass is 10.1. The second-order valence-corrected chi connectivity index (χ2v) is 8.53. The molecule has 3 amide bonds. The van der Waals surface area contributed by atoms with Crippen LogP contribution < -0.4 is 15.8 Å². The summed E-state index contributed by atoms with van der Waals surface area (Å²) in [5.74, 6) is -2.22. The van der Waals surface area contributed by atoms with Gasteiger partial charge in [0.2, 0.25) is 10.0 Å². The molecule has 30 heavy (non-hydrogen) atoms. The molecule has 4 N–H and O–H groups in total. The predicted octanol–water partition coefficient (Wildman–Crippen LogP) is 1.54. The third kappa shape index (κ3) is 6.39. The summed E-state index contributed by atoms with van der Waals surface area (Å²) >= 11 is 0. The average Bonchev–Trinajstić information content (AvgIpc) is 2.70. The lowest BCUT2D eigenvalue weighted by molar-refractivity contribution is -0.130. The van der Waals surface area contributed by atoms with E-state index >= 15 is 0 Å². The van der Waals surface area contributed by atoms with E-state index in [-0.39, 0.29) is 17.0 Å². The van der Waals surface area contributed by atoms with Crippen molar-refractivity contribution in [3.05, 3.63) is 65.7 Å². The number of nitrogens with one attached hydrogen (secondary N) is 2. The van der Waals surface area contributed by atoms with E-state index in [2.05, 4.69) is 4.72 Å². The maximum Gasteiger partial charge on any atom is 0.338 e. The Hall–Kier alpha value is -3.24. The van der Waals surface area contributed by atoms with Gasteiger partial charge in [-0.3, -0.25) is 10.1 Å². The molecule has 2 aromatic rings. The number of primary amides is 1. The lowest BCUT2D eigenvalue weighted by Gasteiger charge is -2.20. The van der Waals surface area contributed by atoms with Gasteiger partial charge < -0.3 is 10.5 Å². The minimum atomic E-state index is -3.89. The number of nitrogens with two attached hydrogens (primary N) is 1. The predicted molar refractivity (Wildman–Crippen MR) is 109 cm³/mol. The maximum absolute atomic E-state index is 12.6. The van der Waals surface area contributed by atoms with Crippen molar-refractivity contribution in [3.63, 3.8) is 0 Å². The van der Waals surface area contributed by atoms with Crippen molar-refractivity contribution in [2.24, 2.45) is 11.7 Å². The van der Waals surface area contributed by atoms with Gasteiger partial charge in [-0.2, -0.15) is 0 Å². The highest BCUT2D eigenvalue weighted by molar-refractivity contribution is 7.89. The first kappa shape index (κ1) is 23.0. The number of hydrogen-bond acceptors (Lipinski definition) is 6. The Morgan fingerprint density at radius 3 is 2.30 bits per heavy atom. The molecule has 0 spiro atoms. The molecule has 0 heterocycles. The fourth-order valence-corrected chi connectivity index (χ4v) is 3.58. The number of urea groups is 1. The highest BCUT2D eigenvalue weighted by atomic mass is 32.2. The smallest absolute Gasteiger partial charge is 0.338 e. The minimum Gasteiger partial charge on any atom is -0.448 e. The first-order chi connectivity index (χ1) is 14.1. The summed E-state index contributed by atoms with van der Waals surface area (Å²) in [5.41, 5.74) is 5.64. The van der Waals surface area contributed by atoms with Crippen molar-refractivity contribution in [2.45, 2.75) is 31.4 Å². The zero-order valence-electron chi connectivity index (χ0n) is 16.5. The van der Waals surface area contributed by atoms with E-state index in [1.54, 1.807) is 38.1 Å². The first-order valence-electron chi connectivity index (χ1n) is 9.05. The van der Waals surface area contributed by atoms with Gasteiger partial charge in [0.1, 0.15) is 0 Å². The monoisotopic (exact) mass is 433 g/mol. The van der Waals surface area contributed by atoms with E-state index in [4.69, 9.17) is 10.5 Å². The van der Waals surface area contributed by atoms with Crippen LogP contribution in [0.5, 0.6) is 0 Å². The maximum atomic E-state index is 12.6. The quantitative estimate of drug-likeness (QED) is 0.539. The molecule has 0 aromatic heterocycles. The van der Waals surface area contributed by atoms with E-state index in [9.17, 15) is 22.8 Å². The Kier molecular flexibility index (Phi) is 7.67. The number of amides is 3. The fraction of sp³-hybridized carbons (Fsp3) is 0.250. The Labute approximate surface area is 174 Å². The number of rotatable bonds is 8. The molecule has 0 saturated carbocycles. The molecule has 160 valence electrons. The molecular weight excluding hydrogens is 410 g/mol. The highest BCUT2D eigenvalue weighted by Gasteiger charge is 2.28. The number of ether oxygens (including phenoxy) is 1. The summed E-state index contributed by atoms with van der Waals surface area (Å²) in [4.78, 5) is 35.2. The number of carbonyl (C=O) groups excluding carboxylic acids is 3. The number of benzene rings is 2. The van der Waals surface area contributed by atoms with Gasteiger partial charge in [0.05, 0.1) is 10.5 Å². The van der Waals surface area contributed by atoms with Crippen LogP contribution in [-0.2, 0) is 26.1 Å². The van der Waals surface area contributed by atoms with E-state index in [1.807, 2.05) is 11.4 Å². The van der Waals surface area contributed by atoms with Gasteiger partial charge in [0, 0.05) is 6.54 Å². The number of imide groups is 1. The van der Waals surface area contributed by atoms with Crippen LogP contribution in [0, 0.1) is 5.92 Å². The van der Waals surface area contributed by atoms with Crippen LogP contribution in [0.3, 0.4) is 0 Å². The van der Waals surface area contributed by atoms with Gasteiger partial charge >= 0.3 is 12.0 Å². The van der Waals surface area contributed by atoms with Gasteiger partial charge in [0.25, 0.3) is 5.91 Å². The van der Waals surface area contributed by atoms with Gasteiger partial charge in [-0.1, -0.05) is 50.2 Å². The number of esters is 1. The van der Waals surface area contributed by atoms with Gasteiger partial charge in [-0.25, -0.2) is 22.7 Å². The molecule has 2 aromatic carbocycles. The van der Waals surface area contributed by atoms with Crippen molar-refractivity contribution in [3.8, 4) is 0 Å². The molecule has 1 atom stereocenters. The molecule has 0 aliphatic carbocycles. The summed E-state index contributed by atoms with van der Waals surface area (Å²) < 4.78 is 32.8. The van der Waals surface area contributed by atoms with E-state index in [0.717, 1.165) is 11.6 Å². The van der Waals surface area contributed by atoms with Crippen LogP contribution in [0.1, 0.15) is 29.8 Å². The van der Waals surface area contributed by atoms with Crippen molar-refractivity contribution in [1.82, 2.24) is 10.0 Å². The van der Waals surface area contributed by atoms with Crippen LogP contribution in [-0.4, -0.2) is 32.4 Å². The van der Waals surface area contributed by atoms with Crippen LogP contribution in [0.2, 0.25) is 0 Å². The third-order valence-corrected chi connectivity index (χ3v) is 5.43. The van der Waals surface area contributed by atoms with Crippen molar-refractivity contribution in [1.29, 1.82) is 0 Å². The Morgan fingerprint density at radius 1 is 1.03 bits per heavy atom. The molecule has 0 unspecified atom stereocenters. The Morgan fingerprint density at radius 2 is 1.70 bits per heavy atom. The topological polar surface area (TPSA) is 145 Å².